The molecule has 1 aromatic heterocycles. The molecule has 9 nitrogen and oxygen atoms in total. The number of carbonyl (C=O) groups is 1. The van der Waals surface area contributed by atoms with Crippen LogP contribution in [-0.4, -0.2) is 60.3 Å². The van der Waals surface area contributed by atoms with Crippen LogP contribution in [0.5, 0.6) is 0 Å². The van der Waals surface area contributed by atoms with E-state index in [-0.39, 0.29) is 34.0 Å². The zero-order valence-electron chi connectivity index (χ0n) is 26.0. The second kappa shape index (κ2) is 11.0. The van der Waals surface area contributed by atoms with Crippen molar-refractivity contribution in [3.8, 4) is 0 Å². The number of carbonyl (C=O) groups excluding carboxylic acids is 1. The number of aliphatic hydroxyl groups is 1. The molecular formula is C27H49BrN2O7Si2. The summed E-state index contributed by atoms with van der Waals surface area (Å²) in [7, 11) is -4.69. The van der Waals surface area contributed by atoms with Crippen LogP contribution in [0.2, 0.25) is 36.3 Å². The van der Waals surface area contributed by atoms with Gasteiger partial charge >= 0.3 is 11.8 Å². The third kappa shape index (κ3) is 6.72. The van der Waals surface area contributed by atoms with Gasteiger partial charge in [-0.3, -0.25) is 9.36 Å². The zero-order chi connectivity index (χ0) is 30.6. The lowest BCUT2D eigenvalue weighted by Gasteiger charge is -2.49. The van der Waals surface area contributed by atoms with Crippen LogP contribution in [0.15, 0.2) is 15.8 Å². The Morgan fingerprint density at radius 1 is 1.08 bits per heavy atom. The maximum atomic E-state index is 13.6. The van der Waals surface area contributed by atoms with E-state index in [2.05, 4.69) is 83.7 Å². The first-order chi connectivity index (χ1) is 17.3. The molecule has 0 bridgehead atoms. The average molecular weight is 650 g/mol. The van der Waals surface area contributed by atoms with E-state index in [1.54, 1.807) is 20.8 Å². The van der Waals surface area contributed by atoms with Gasteiger partial charge in [-0.25, -0.2) is 9.59 Å². The van der Waals surface area contributed by atoms with Crippen LogP contribution < -0.4 is 11.2 Å². The average Bonchev–Trinajstić information content (AvgIpc) is 3.07. The van der Waals surface area contributed by atoms with E-state index in [0.717, 1.165) is 0 Å². The van der Waals surface area contributed by atoms with Gasteiger partial charge in [-0.2, -0.15) is 4.57 Å². The predicted molar refractivity (Wildman–Crippen MR) is 163 cm³/mol. The van der Waals surface area contributed by atoms with Crippen molar-refractivity contribution in [2.45, 2.75) is 133 Å². The Hall–Kier alpha value is -1.06. The summed E-state index contributed by atoms with van der Waals surface area (Å²) in [6, 6.07) is 0. The molecule has 1 aromatic rings. The second-order valence-corrected chi connectivity index (χ2v) is 25.7. The standard InChI is InChI=1S/C27H49BrN2O7Si2/c1-24(2,3)37-23(33)30-21(31)18(15-28)16-29(22(30)32)20-14-27(34,38(10,11)25(4,5)6)19(36-20)17-35-39(12,13)26(7,8)9/h16,19-20,34H,14-15,17H2,1-13H3/t19-,20-,27-/m1/s1. The molecule has 2 heterocycles. The van der Waals surface area contributed by atoms with Gasteiger partial charge in [0.05, 0.1) is 19.9 Å². The minimum absolute atomic E-state index is 0.0370. The van der Waals surface area contributed by atoms with Crippen LogP contribution in [0, 0.1) is 0 Å². The maximum Gasteiger partial charge on any atom is 0.425 e. The highest BCUT2D eigenvalue weighted by Gasteiger charge is 2.62. The summed E-state index contributed by atoms with van der Waals surface area (Å²) in [6.07, 6.45) is -1.11. The molecule has 0 amide bonds. The highest BCUT2D eigenvalue weighted by atomic mass is 79.9. The fourth-order valence-corrected chi connectivity index (χ4v) is 8.61. The number of ether oxygens (including phenoxy) is 2. The Kier molecular flexibility index (Phi) is 9.61. The highest BCUT2D eigenvalue weighted by molar-refractivity contribution is 9.08. The maximum absolute atomic E-state index is 13.6. The minimum Gasteiger partial charge on any atom is -0.443 e. The molecule has 224 valence electrons. The summed E-state index contributed by atoms with van der Waals surface area (Å²) in [4.78, 5) is 39.6. The fourth-order valence-electron chi connectivity index (χ4n) is 4.29. The van der Waals surface area contributed by atoms with Gasteiger partial charge in [0, 0.05) is 23.5 Å². The summed E-state index contributed by atoms with van der Waals surface area (Å²) in [5, 5.41) is 11.1. The van der Waals surface area contributed by atoms with Crippen molar-refractivity contribution in [3.05, 3.63) is 32.6 Å². The van der Waals surface area contributed by atoms with Crippen molar-refractivity contribution in [3.63, 3.8) is 0 Å². The number of rotatable bonds is 6. The van der Waals surface area contributed by atoms with Crippen molar-refractivity contribution < 1.29 is 23.8 Å². The molecule has 39 heavy (non-hydrogen) atoms. The monoisotopic (exact) mass is 648 g/mol. The summed E-state index contributed by atoms with van der Waals surface area (Å²) < 4.78 is 20.1. The number of hydrogen-bond donors (Lipinski definition) is 1. The molecule has 1 fully saturated rings. The van der Waals surface area contributed by atoms with E-state index in [1.165, 1.54) is 10.8 Å². The van der Waals surface area contributed by atoms with E-state index in [1.807, 2.05) is 0 Å². The molecule has 0 aliphatic carbocycles. The molecule has 2 rings (SSSR count). The number of halogens is 1. The quantitative estimate of drug-likeness (QED) is 0.308. The first-order valence-corrected chi connectivity index (χ1v) is 20.5. The summed E-state index contributed by atoms with van der Waals surface area (Å²) in [5.74, 6) is 0. The normalized spacial score (nSPS) is 23.3. The molecule has 12 heteroatoms. The smallest absolute Gasteiger partial charge is 0.425 e. The van der Waals surface area contributed by atoms with Crippen molar-refractivity contribution in [1.29, 1.82) is 0 Å². The van der Waals surface area contributed by atoms with Crippen LogP contribution in [0.4, 0.5) is 4.79 Å². The Balaban J connectivity index is 2.67. The zero-order valence-corrected chi connectivity index (χ0v) is 29.6. The Labute approximate surface area is 243 Å². The van der Waals surface area contributed by atoms with E-state index >= 15 is 0 Å². The Morgan fingerprint density at radius 2 is 1.62 bits per heavy atom. The predicted octanol–water partition coefficient (Wildman–Crippen LogP) is 5.78. The summed E-state index contributed by atoms with van der Waals surface area (Å²) >= 11 is 3.30. The van der Waals surface area contributed by atoms with Gasteiger partial charge in [0.15, 0.2) is 8.32 Å². The van der Waals surface area contributed by atoms with Gasteiger partial charge in [0.25, 0.3) is 5.56 Å². The summed E-state index contributed by atoms with van der Waals surface area (Å²) in [5.41, 5.74) is -2.33. The molecule has 1 aliphatic heterocycles. The highest BCUT2D eigenvalue weighted by Crippen LogP contribution is 2.51. The van der Waals surface area contributed by atoms with Gasteiger partial charge in [-0.05, 0) is 43.9 Å². The van der Waals surface area contributed by atoms with Crippen LogP contribution in [-0.2, 0) is 19.2 Å². The van der Waals surface area contributed by atoms with Crippen LogP contribution >= 0.6 is 15.9 Å². The third-order valence-corrected chi connectivity index (χ3v) is 20.5. The molecule has 0 spiro atoms. The van der Waals surface area contributed by atoms with Gasteiger partial charge in [0.1, 0.15) is 17.9 Å². The van der Waals surface area contributed by atoms with Crippen LogP contribution in [0.25, 0.3) is 0 Å². The SMILES string of the molecule is CC(C)(C)OC(=O)n1c(=O)c(CBr)cn([C@H]2C[C@@](O)([Si](C)(C)C(C)(C)C)[C@@H](CO[Si](C)(C)C(C)(C)C)O2)c1=O. The molecular weight excluding hydrogens is 600 g/mol. The second-order valence-electron chi connectivity index (χ2n) is 14.8. The van der Waals surface area contributed by atoms with Crippen molar-refractivity contribution in [2.24, 2.45) is 0 Å². The van der Waals surface area contributed by atoms with Crippen LogP contribution in [0.1, 0.15) is 80.5 Å². The molecule has 1 aliphatic rings. The molecule has 0 saturated carbocycles. The molecule has 3 atom stereocenters. The molecule has 0 aromatic carbocycles. The van der Waals surface area contributed by atoms with Crippen molar-refractivity contribution >= 4 is 38.4 Å². The fraction of sp³-hybridized carbons (Fsp3) is 0.815. The number of alkyl halides is 1. The first-order valence-electron chi connectivity index (χ1n) is 13.5. The molecule has 1 N–H and O–H groups in total. The van der Waals surface area contributed by atoms with Crippen LogP contribution in [0.3, 0.4) is 0 Å². The van der Waals surface area contributed by atoms with Gasteiger partial charge in [-0.15, -0.1) is 0 Å². The number of aromatic nitrogens is 2. The number of nitrogens with zero attached hydrogens (tertiary/aromatic N) is 2. The van der Waals surface area contributed by atoms with Gasteiger partial charge < -0.3 is 19.0 Å². The molecule has 1 saturated heterocycles. The van der Waals surface area contributed by atoms with E-state index < -0.39 is 56.9 Å². The Bertz CT molecular complexity index is 1190. The molecule has 0 radical (unpaired) electrons. The Morgan fingerprint density at radius 3 is 2.05 bits per heavy atom. The van der Waals surface area contributed by atoms with E-state index in [9.17, 15) is 19.5 Å². The topological polar surface area (TPSA) is 109 Å². The molecule has 0 unspecified atom stereocenters. The lowest BCUT2D eigenvalue weighted by molar-refractivity contribution is -0.0573. The van der Waals surface area contributed by atoms with Gasteiger partial charge in [-0.1, -0.05) is 70.6 Å². The largest absolute Gasteiger partial charge is 0.443 e. The first kappa shape index (κ1) is 34.1. The lowest BCUT2D eigenvalue weighted by atomic mass is 10.1. The third-order valence-electron chi connectivity index (χ3n) is 8.91. The van der Waals surface area contributed by atoms with E-state index in [0.29, 0.717) is 4.57 Å². The number of hydrogen-bond acceptors (Lipinski definition) is 7. The lowest BCUT2D eigenvalue weighted by Crippen LogP contribution is -2.65. The van der Waals surface area contributed by atoms with Crippen molar-refractivity contribution in [1.82, 2.24) is 9.13 Å². The van der Waals surface area contributed by atoms with E-state index in [4.69, 9.17) is 13.9 Å². The minimum atomic E-state index is -2.51. The van der Waals surface area contributed by atoms with Gasteiger partial charge in [0.2, 0.25) is 0 Å². The van der Waals surface area contributed by atoms with Crippen molar-refractivity contribution in [2.75, 3.05) is 6.61 Å². The summed E-state index contributed by atoms with van der Waals surface area (Å²) in [6.45, 7) is 26.5.